The highest BCUT2D eigenvalue weighted by Gasteiger charge is 2.44. The number of benzene rings is 3. The van der Waals surface area contributed by atoms with Crippen LogP contribution in [0.5, 0.6) is 0 Å². The van der Waals surface area contributed by atoms with Crippen molar-refractivity contribution in [2.75, 3.05) is 6.16 Å². The van der Waals surface area contributed by atoms with Gasteiger partial charge in [0.15, 0.2) is 0 Å². The molecule has 3 rings (SSSR count). The summed E-state index contributed by atoms with van der Waals surface area (Å²) in [7, 11) is -1.80. The first kappa shape index (κ1) is 18.8. The SMILES string of the molecule is O=CCC[P+](c1ccccc1)(c1ccccc1)c1ccccc1.[I-]. The standard InChI is InChI=1S/C21H20OP.HI/c22-17-10-18-23(19-11-4-1-5-12-19,20-13-6-2-7-14-20)21-15-8-3-9-16-21;/h1-9,11-17H,10,18H2;1H/q+1;/p-1. The van der Waals surface area contributed by atoms with Crippen molar-refractivity contribution in [2.24, 2.45) is 0 Å². The van der Waals surface area contributed by atoms with Gasteiger partial charge in [0.2, 0.25) is 0 Å². The normalized spacial score (nSPS) is 10.7. The van der Waals surface area contributed by atoms with Crippen LogP contribution in [0.15, 0.2) is 91.0 Å². The van der Waals surface area contributed by atoms with Crippen LogP contribution in [0.2, 0.25) is 0 Å². The van der Waals surface area contributed by atoms with Crippen LogP contribution in [0, 0.1) is 0 Å². The monoisotopic (exact) mass is 446 g/mol. The molecular weight excluding hydrogens is 426 g/mol. The Hall–Kier alpha value is -1.51. The topological polar surface area (TPSA) is 17.1 Å². The highest BCUT2D eigenvalue weighted by atomic mass is 127. The molecule has 3 aromatic carbocycles. The Kier molecular flexibility index (Phi) is 7.14. The lowest BCUT2D eigenvalue weighted by atomic mass is 10.4. The molecule has 24 heavy (non-hydrogen) atoms. The molecule has 0 aliphatic rings. The molecule has 0 aliphatic heterocycles. The van der Waals surface area contributed by atoms with E-state index >= 15 is 0 Å². The summed E-state index contributed by atoms with van der Waals surface area (Å²) in [4.78, 5) is 11.2. The molecular formula is C21H20IOP. The lowest BCUT2D eigenvalue weighted by Gasteiger charge is -2.27. The second-order valence-corrected chi connectivity index (χ2v) is 9.11. The predicted octanol–water partition coefficient (Wildman–Crippen LogP) is 0.573. The number of halogens is 1. The molecule has 0 saturated carbocycles. The van der Waals surface area contributed by atoms with Crippen LogP contribution >= 0.6 is 7.26 Å². The van der Waals surface area contributed by atoms with Crippen LogP contribution in [0.25, 0.3) is 0 Å². The van der Waals surface area contributed by atoms with Gasteiger partial charge in [-0.25, -0.2) is 0 Å². The summed E-state index contributed by atoms with van der Waals surface area (Å²) in [6.45, 7) is 0. The molecule has 0 aliphatic carbocycles. The first-order valence-electron chi connectivity index (χ1n) is 7.86. The number of aldehydes is 1. The Morgan fingerprint density at radius 2 is 0.958 bits per heavy atom. The number of carbonyl (C=O) groups is 1. The van der Waals surface area contributed by atoms with Crippen molar-refractivity contribution in [2.45, 2.75) is 6.42 Å². The van der Waals surface area contributed by atoms with Gasteiger partial charge in [-0.1, -0.05) is 54.6 Å². The van der Waals surface area contributed by atoms with Gasteiger partial charge in [-0.05, 0) is 36.4 Å². The van der Waals surface area contributed by atoms with E-state index in [2.05, 4.69) is 72.8 Å². The zero-order valence-corrected chi connectivity index (χ0v) is 16.4. The van der Waals surface area contributed by atoms with Gasteiger partial charge in [-0.15, -0.1) is 0 Å². The van der Waals surface area contributed by atoms with Crippen LogP contribution < -0.4 is 39.9 Å². The minimum Gasteiger partial charge on any atom is -1.00 e. The molecule has 0 atom stereocenters. The van der Waals surface area contributed by atoms with Crippen molar-refractivity contribution in [3.8, 4) is 0 Å². The summed E-state index contributed by atoms with van der Waals surface area (Å²) in [6.07, 6.45) is 2.49. The Bertz CT molecular complexity index is 648. The molecule has 0 bridgehead atoms. The third-order valence-corrected chi connectivity index (χ3v) is 8.64. The summed E-state index contributed by atoms with van der Waals surface area (Å²) < 4.78 is 0. The number of rotatable bonds is 6. The molecule has 0 heterocycles. The van der Waals surface area contributed by atoms with Gasteiger partial charge >= 0.3 is 0 Å². The van der Waals surface area contributed by atoms with E-state index in [1.165, 1.54) is 15.9 Å². The summed E-state index contributed by atoms with van der Waals surface area (Å²) in [6, 6.07) is 32.0. The van der Waals surface area contributed by atoms with Crippen LogP contribution in [0.4, 0.5) is 0 Å². The highest BCUT2D eigenvalue weighted by molar-refractivity contribution is 7.95. The fourth-order valence-corrected chi connectivity index (χ4v) is 7.33. The summed E-state index contributed by atoms with van der Waals surface area (Å²) in [5, 5.41) is 4.00. The second kappa shape index (κ2) is 9.10. The number of hydrogen-bond acceptors (Lipinski definition) is 1. The van der Waals surface area contributed by atoms with E-state index in [9.17, 15) is 4.79 Å². The highest BCUT2D eigenvalue weighted by Crippen LogP contribution is 2.55. The molecule has 0 amide bonds. The first-order valence-corrected chi connectivity index (χ1v) is 9.84. The van der Waals surface area contributed by atoms with Crippen molar-refractivity contribution in [3.05, 3.63) is 91.0 Å². The predicted molar refractivity (Wildman–Crippen MR) is 101 cm³/mol. The molecule has 0 saturated heterocycles. The summed E-state index contributed by atoms with van der Waals surface area (Å²) in [5.41, 5.74) is 0. The lowest BCUT2D eigenvalue weighted by Crippen LogP contribution is -3.00. The molecule has 3 aromatic rings. The minimum atomic E-state index is -1.80. The van der Waals surface area contributed by atoms with Crippen molar-refractivity contribution >= 4 is 29.5 Å². The van der Waals surface area contributed by atoms with Crippen LogP contribution in [-0.4, -0.2) is 12.4 Å². The Labute approximate surface area is 161 Å². The second-order valence-electron chi connectivity index (χ2n) is 5.50. The Morgan fingerprint density at radius 1 is 0.625 bits per heavy atom. The van der Waals surface area contributed by atoms with Gasteiger partial charge in [0.05, 0.1) is 6.16 Å². The molecule has 1 nitrogen and oxygen atoms in total. The average Bonchev–Trinajstić information content (AvgIpc) is 2.65. The zero-order chi connectivity index (χ0) is 16.0. The Morgan fingerprint density at radius 3 is 1.25 bits per heavy atom. The quantitative estimate of drug-likeness (QED) is 0.308. The largest absolute Gasteiger partial charge is 1.00 e. The fourth-order valence-electron chi connectivity index (χ4n) is 3.13. The average molecular weight is 446 g/mol. The van der Waals surface area contributed by atoms with Gasteiger partial charge in [-0.2, -0.15) is 0 Å². The third-order valence-electron chi connectivity index (χ3n) is 4.17. The first-order chi connectivity index (χ1) is 11.4. The zero-order valence-electron chi connectivity index (χ0n) is 13.4. The third kappa shape index (κ3) is 3.76. The maximum absolute atomic E-state index is 11.2. The molecule has 3 heteroatoms. The lowest BCUT2D eigenvalue weighted by molar-refractivity contribution is -0.107. The number of hydrogen-bond donors (Lipinski definition) is 0. The molecule has 0 spiro atoms. The van der Waals surface area contributed by atoms with Gasteiger partial charge < -0.3 is 28.8 Å². The van der Waals surface area contributed by atoms with Gasteiger partial charge in [0, 0.05) is 6.42 Å². The van der Waals surface area contributed by atoms with Crippen molar-refractivity contribution in [1.29, 1.82) is 0 Å². The van der Waals surface area contributed by atoms with Crippen molar-refractivity contribution in [3.63, 3.8) is 0 Å². The van der Waals surface area contributed by atoms with E-state index < -0.39 is 7.26 Å². The fraction of sp³-hybridized carbons (Fsp3) is 0.0952. The molecule has 0 unspecified atom stereocenters. The van der Waals surface area contributed by atoms with E-state index in [0.717, 1.165) is 12.4 Å². The van der Waals surface area contributed by atoms with Gasteiger partial charge in [0.25, 0.3) is 0 Å². The molecule has 0 N–H and O–H groups in total. The summed E-state index contributed by atoms with van der Waals surface area (Å²) in [5.74, 6) is 0. The molecule has 0 radical (unpaired) electrons. The molecule has 0 fully saturated rings. The maximum Gasteiger partial charge on any atom is 0.123 e. The van der Waals surface area contributed by atoms with Crippen molar-refractivity contribution < 1.29 is 28.8 Å². The summed E-state index contributed by atoms with van der Waals surface area (Å²) >= 11 is 0. The molecule has 122 valence electrons. The van der Waals surface area contributed by atoms with Crippen LogP contribution in [0.3, 0.4) is 0 Å². The van der Waals surface area contributed by atoms with Crippen LogP contribution in [0.1, 0.15) is 6.42 Å². The minimum absolute atomic E-state index is 0. The molecule has 0 aromatic heterocycles. The smallest absolute Gasteiger partial charge is 0.123 e. The Balaban J connectivity index is 0.00000208. The van der Waals surface area contributed by atoms with E-state index in [1.54, 1.807) is 0 Å². The van der Waals surface area contributed by atoms with Crippen LogP contribution in [-0.2, 0) is 4.79 Å². The maximum atomic E-state index is 11.2. The van der Waals surface area contributed by atoms with Crippen molar-refractivity contribution in [1.82, 2.24) is 0 Å². The van der Waals surface area contributed by atoms with Gasteiger partial charge in [-0.3, -0.25) is 0 Å². The van der Waals surface area contributed by atoms with E-state index in [1.807, 2.05) is 18.2 Å². The van der Waals surface area contributed by atoms with Gasteiger partial charge in [0.1, 0.15) is 29.5 Å². The number of carbonyl (C=O) groups excluding carboxylic acids is 1. The van der Waals surface area contributed by atoms with E-state index in [-0.39, 0.29) is 24.0 Å². The van der Waals surface area contributed by atoms with E-state index in [0.29, 0.717) is 6.42 Å². The van der Waals surface area contributed by atoms with E-state index in [4.69, 9.17) is 0 Å².